The largest absolute Gasteiger partial charge is 0.387 e. The lowest BCUT2D eigenvalue weighted by molar-refractivity contribution is -0.372. The molecule has 10 atom stereocenters. The number of ether oxygens (including phenoxy) is 9. The molecule has 8 rings (SSSR count). The van der Waals surface area contributed by atoms with Gasteiger partial charge in [0.1, 0.15) is 48.8 Å². The standard InChI is InChI=1S/C54H58O11/c55-47-48(59-33-41-23-11-3-12-24-41)45(37-57-31-39-19-7-1-8-20-39)64-54(50(47)61-35-43-27-15-5-16-28-43)65-51-49(60-34-42-25-13-4-14-26-42)46(38-58-32-40-21-9-2-10-22-40)63-53(56)52(51)62-36-44-29-17-6-18-30-44/h1-30,45-56H,31-38H2/t45-,46-,47+,48+,49-,50-,51+,52+,53+,54-/m1/s1. The van der Waals surface area contributed by atoms with Crippen LogP contribution in [-0.2, 0) is 82.3 Å². The lowest BCUT2D eigenvalue weighted by Crippen LogP contribution is -2.66. The topological polar surface area (TPSA) is 124 Å². The van der Waals surface area contributed by atoms with Gasteiger partial charge >= 0.3 is 0 Å². The van der Waals surface area contributed by atoms with Crippen molar-refractivity contribution in [2.24, 2.45) is 0 Å². The van der Waals surface area contributed by atoms with Crippen molar-refractivity contribution in [3.8, 4) is 0 Å². The number of hydrogen-bond acceptors (Lipinski definition) is 11. The molecule has 2 saturated heterocycles. The highest BCUT2D eigenvalue weighted by Crippen LogP contribution is 2.35. The first-order chi connectivity index (χ1) is 32.1. The highest BCUT2D eigenvalue weighted by Gasteiger charge is 2.53. The maximum absolute atomic E-state index is 12.5. The maximum Gasteiger partial charge on any atom is 0.187 e. The van der Waals surface area contributed by atoms with Gasteiger partial charge in [0, 0.05) is 0 Å². The molecule has 0 aliphatic carbocycles. The van der Waals surface area contributed by atoms with E-state index >= 15 is 0 Å². The summed E-state index contributed by atoms with van der Waals surface area (Å²) in [4.78, 5) is 0. The van der Waals surface area contributed by atoms with Gasteiger partial charge in [-0.15, -0.1) is 0 Å². The molecular weight excluding hydrogens is 825 g/mol. The fourth-order valence-electron chi connectivity index (χ4n) is 8.04. The van der Waals surface area contributed by atoms with Crippen molar-refractivity contribution in [2.45, 2.75) is 101 Å². The van der Waals surface area contributed by atoms with Crippen molar-refractivity contribution >= 4 is 0 Å². The number of rotatable bonds is 22. The minimum Gasteiger partial charge on any atom is -0.387 e. The molecule has 6 aromatic rings. The van der Waals surface area contributed by atoms with Crippen LogP contribution < -0.4 is 0 Å². The van der Waals surface area contributed by atoms with Crippen molar-refractivity contribution in [1.82, 2.24) is 0 Å². The summed E-state index contributed by atoms with van der Waals surface area (Å²) in [7, 11) is 0. The average molecular weight is 883 g/mol. The van der Waals surface area contributed by atoms with E-state index in [0.29, 0.717) is 13.2 Å². The van der Waals surface area contributed by atoms with Crippen LogP contribution in [0.15, 0.2) is 182 Å². The molecule has 6 aromatic carbocycles. The van der Waals surface area contributed by atoms with E-state index in [2.05, 4.69) is 0 Å². The summed E-state index contributed by atoms with van der Waals surface area (Å²) < 4.78 is 59.4. The van der Waals surface area contributed by atoms with Gasteiger partial charge in [-0.05, 0) is 33.4 Å². The second-order valence-corrected chi connectivity index (χ2v) is 16.2. The predicted octanol–water partition coefficient (Wildman–Crippen LogP) is 7.95. The highest BCUT2D eigenvalue weighted by molar-refractivity contribution is 5.18. The fourth-order valence-corrected chi connectivity index (χ4v) is 8.04. The van der Waals surface area contributed by atoms with E-state index in [4.69, 9.17) is 42.6 Å². The molecule has 0 aromatic heterocycles. The first-order valence-corrected chi connectivity index (χ1v) is 22.3. The summed E-state index contributed by atoms with van der Waals surface area (Å²) in [6.45, 7) is 1.42. The van der Waals surface area contributed by atoms with Crippen molar-refractivity contribution in [1.29, 1.82) is 0 Å². The molecule has 0 saturated carbocycles. The zero-order valence-electron chi connectivity index (χ0n) is 36.3. The van der Waals surface area contributed by atoms with Crippen LogP contribution in [0.1, 0.15) is 33.4 Å². The third-order valence-electron chi connectivity index (χ3n) is 11.4. The van der Waals surface area contributed by atoms with E-state index in [0.717, 1.165) is 33.4 Å². The zero-order valence-corrected chi connectivity index (χ0v) is 36.3. The Morgan fingerprint density at radius 3 is 1.06 bits per heavy atom. The summed E-state index contributed by atoms with van der Waals surface area (Å²) in [6.07, 6.45) is -10.6. The van der Waals surface area contributed by atoms with Gasteiger partial charge in [0.25, 0.3) is 0 Å². The van der Waals surface area contributed by atoms with Crippen LogP contribution in [0.25, 0.3) is 0 Å². The Bertz CT molecular complexity index is 2200. The Hall–Kier alpha value is -5.12. The Balaban J connectivity index is 1.12. The van der Waals surface area contributed by atoms with Crippen LogP contribution >= 0.6 is 0 Å². The third kappa shape index (κ3) is 13.5. The molecule has 2 aliphatic heterocycles. The van der Waals surface area contributed by atoms with Gasteiger partial charge < -0.3 is 52.8 Å². The quantitative estimate of drug-likeness (QED) is 0.0691. The summed E-state index contributed by atoms with van der Waals surface area (Å²) in [6, 6.07) is 58.6. The van der Waals surface area contributed by atoms with Crippen molar-refractivity contribution in [3.05, 3.63) is 215 Å². The Kier molecular flexibility index (Phi) is 17.4. The van der Waals surface area contributed by atoms with Crippen molar-refractivity contribution in [2.75, 3.05) is 13.2 Å². The first-order valence-electron chi connectivity index (χ1n) is 22.3. The molecule has 0 unspecified atom stereocenters. The number of hydrogen-bond donors (Lipinski definition) is 2. The van der Waals surface area contributed by atoms with Gasteiger partial charge in [0.2, 0.25) is 0 Å². The van der Waals surface area contributed by atoms with E-state index in [-0.39, 0.29) is 39.6 Å². The van der Waals surface area contributed by atoms with Crippen LogP contribution in [-0.4, -0.2) is 84.8 Å². The summed E-state index contributed by atoms with van der Waals surface area (Å²) in [5, 5.41) is 24.4. The minimum atomic E-state index is -1.46. The van der Waals surface area contributed by atoms with E-state index in [1.165, 1.54) is 0 Å². The van der Waals surface area contributed by atoms with Gasteiger partial charge in [-0.2, -0.15) is 0 Å². The van der Waals surface area contributed by atoms with Crippen LogP contribution in [0, 0.1) is 0 Å². The molecule has 2 heterocycles. The molecule has 0 bridgehead atoms. The van der Waals surface area contributed by atoms with E-state index < -0.39 is 61.4 Å². The molecule has 2 aliphatic rings. The molecular formula is C54H58O11. The molecule has 65 heavy (non-hydrogen) atoms. The number of aliphatic hydroxyl groups is 2. The van der Waals surface area contributed by atoms with Gasteiger partial charge in [-0.25, -0.2) is 0 Å². The third-order valence-corrected chi connectivity index (χ3v) is 11.4. The Morgan fingerprint density at radius 2 is 0.662 bits per heavy atom. The summed E-state index contributed by atoms with van der Waals surface area (Å²) in [5.41, 5.74) is 5.59. The highest BCUT2D eigenvalue weighted by atomic mass is 16.7. The predicted molar refractivity (Wildman–Crippen MR) is 243 cm³/mol. The van der Waals surface area contributed by atoms with Gasteiger partial charge in [-0.1, -0.05) is 182 Å². The van der Waals surface area contributed by atoms with Gasteiger partial charge in [0.15, 0.2) is 12.6 Å². The van der Waals surface area contributed by atoms with Gasteiger partial charge in [0.05, 0.1) is 52.9 Å². The van der Waals surface area contributed by atoms with Crippen LogP contribution in [0.4, 0.5) is 0 Å². The molecule has 2 fully saturated rings. The number of aliphatic hydroxyl groups excluding tert-OH is 2. The summed E-state index contributed by atoms with van der Waals surface area (Å²) in [5.74, 6) is 0. The van der Waals surface area contributed by atoms with Gasteiger partial charge in [-0.3, -0.25) is 0 Å². The molecule has 0 amide bonds. The van der Waals surface area contributed by atoms with Crippen LogP contribution in [0.3, 0.4) is 0 Å². The molecule has 0 spiro atoms. The van der Waals surface area contributed by atoms with Crippen molar-refractivity contribution in [3.63, 3.8) is 0 Å². The number of benzene rings is 6. The van der Waals surface area contributed by atoms with Crippen LogP contribution in [0.5, 0.6) is 0 Å². The molecule has 340 valence electrons. The lowest BCUT2D eigenvalue weighted by atomic mass is 9.96. The Morgan fingerprint density at radius 1 is 0.338 bits per heavy atom. The minimum absolute atomic E-state index is 0.0596. The normalized spacial score (nSPS) is 25.6. The summed E-state index contributed by atoms with van der Waals surface area (Å²) >= 11 is 0. The second kappa shape index (κ2) is 24.4. The molecule has 2 N–H and O–H groups in total. The second-order valence-electron chi connectivity index (χ2n) is 16.2. The average Bonchev–Trinajstić information content (AvgIpc) is 3.35. The fraction of sp³-hybridized carbons (Fsp3) is 0.333. The molecule has 11 heteroatoms. The first kappa shape index (κ1) is 46.4. The van der Waals surface area contributed by atoms with Crippen molar-refractivity contribution < 1.29 is 52.8 Å². The monoisotopic (exact) mass is 882 g/mol. The van der Waals surface area contributed by atoms with E-state index in [1.807, 2.05) is 182 Å². The lowest BCUT2D eigenvalue weighted by Gasteiger charge is -2.49. The van der Waals surface area contributed by atoms with E-state index in [1.54, 1.807) is 0 Å². The maximum atomic E-state index is 12.5. The Labute approximate surface area is 381 Å². The molecule has 0 radical (unpaired) electrons. The molecule has 11 nitrogen and oxygen atoms in total. The van der Waals surface area contributed by atoms with Crippen LogP contribution in [0.2, 0.25) is 0 Å². The zero-order chi connectivity index (χ0) is 44.5. The smallest absolute Gasteiger partial charge is 0.187 e. The SMILES string of the molecule is O[C@H]1[C@@H](OCc2ccccc2)[C@@H](COCc2ccccc2)O[C@H](O[C@@H]2[C@H](OCc3ccccc3)[C@@H](O)O[C@H](COCc3ccccc3)[C@H]2OCc2ccccc2)[C@@H]1OCc1ccccc1. The van der Waals surface area contributed by atoms with E-state index in [9.17, 15) is 10.2 Å².